The summed E-state index contributed by atoms with van der Waals surface area (Å²) in [7, 11) is 1.27. The number of hydrogen-bond donors (Lipinski definition) is 1. The van der Waals surface area contributed by atoms with Crippen LogP contribution in [0.4, 0.5) is 13.2 Å². The highest BCUT2D eigenvalue weighted by Crippen LogP contribution is 2.35. The van der Waals surface area contributed by atoms with Gasteiger partial charge in [0.05, 0.1) is 18.2 Å². The van der Waals surface area contributed by atoms with Gasteiger partial charge in [-0.1, -0.05) is 12.1 Å². The maximum absolute atomic E-state index is 12.9. The van der Waals surface area contributed by atoms with Crippen molar-refractivity contribution in [3.05, 3.63) is 53.3 Å². The van der Waals surface area contributed by atoms with Crippen molar-refractivity contribution in [1.82, 2.24) is 5.01 Å². The van der Waals surface area contributed by atoms with E-state index < -0.39 is 28.9 Å². The van der Waals surface area contributed by atoms with Crippen molar-refractivity contribution in [2.24, 2.45) is 10.1 Å². The molecule has 0 spiro atoms. The fourth-order valence-corrected chi connectivity index (χ4v) is 3.48. The van der Waals surface area contributed by atoms with Crippen LogP contribution in [0, 0.1) is 5.41 Å². The van der Waals surface area contributed by atoms with E-state index in [0.29, 0.717) is 21.9 Å². The number of aliphatic imine (C=N–C) groups is 1. The van der Waals surface area contributed by atoms with E-state index in [4.69, 9.17) is 9.83 Å². The summed E-state index contributed by atoms with van der Waals surface area (Å²) in [5, 5.41) is 10.6. The molecular formula is C19H12ClF3N4O4S. The second-order valence-corrected chi connectivity index (χ2v) is 7.15. The average Bonchev–Trinajstić information content (AvgIpc) is 3.38. The van der Waals surface area contributed by atoms with Gasteiger partial charge in [0.25, 0.3) is 5.91 Å². The van der Waals surface area contributed by atoms with E-state index in [-0.39, 0.29) is 40.7 Å². The Kier molecular flexibility index (Phi) is 6.28. The number of benzene rings is 1. The molecule has 0 saturated carbocycles. The number of esters is 1. The topological polar surface area (TPSA) is 108 Å². The summed E-state index contributed by atoms with van der Waals surface area (Å²) < 4.78 is 48.9. The van der Waals surface area contributed by atoms with Gasteiger partial charge >= 0.3 is 12.1 Å². The summed E-state index contributed by atoms with van der Waals surface area (Å²) in [5.41, 5.74) is 0.730. The standard InChI is InChI=1S/C19H11F3N4O4S.ClH/c1-29-16(28)10-4-2-9(3-5-10)13-7-6-11(30-13)8-12-14(23)26-18(24-15(12)27)31-17(25-26)19(20,21)22;/h2-8,23H,1H3;1H/b12-8-,23-14?;. The summed E-state index contributed by atoms with van der Waals surface area (Å²) in [4.78, 5) is 27.4. The summed E-state index contributed by atoms with van der Waals surface area (Å²) in [6.07, 6.45) is -3.50. The van der Waals surface area contributed by atoms with Crippen LogP contribution in [0.5, 0.6) is 0 Å². The number of carbonyl (C=O) groups excluding carboxylic acids is 2. The van der Waals surface area contributed by atoms with Crippen LogP contribution in [0.3, 0.4) is 0 Å². The second-order valence-electron chi connectivity index (χ2n) is 6.19. The van der Waals surface area contributed by atoms with E-state index in [1.54, 1.807) is 30.3 Å². The van der Waals surface area contributed by atoms with Gasteiger partial charge in [-0.3, -0.25) is 10.2 Å². The van der Waals surface area contributed by atoms with E-state index in [9.17, 15) is 22.8 Å². The first-order chi connectivity index (χ1) is 14.7. The van der Waals surface area contributed by atoms with Crippen LogP contribution in [0.1, 0.15) is 16.1 Å². The van der Waals surface area contributed by atoms with Crippen LogP contribution in [-0.4, -0.2) is 46.2 Å². The SMILES string of the molecule is COC(=O)c1ccc(-c2ccc(/C=C3/C(=N)N4N=C(C(F)(F)F)SC4=NC3=O)o2)cc1.Cl. The zero-order valence-electron chi connectivity index (χ0n) is 16.0. The highest BCUT2D eigenvalue weighted by Gasteiger charge is 2.46. The summed E-state index contributed by atoms with van der Waals surface area (Å²) >= 11 is 0.179. The summed E-state index contributed by atoms with van der Waals surface area (Å²) in [6, 6.07) is 9.53. The number of halogens is 4. The van der Waals surface area contributed by atoms with Crippen molar-refractivity contribution < 1.29 is 31.9 Å². The molecule has 1 N–H and O–H groups in total. The van der Waals surface area contributed by atoms with Crippen molar-refractivity contribution in [3.63, 3.8) is 0 Å². The van der Waals surface area contributed by atoms with Gasteiger partial charge < -0.3 is 9.15 Å². The molecule has 8 nitrogen and oxygen atoms in total. The third-order valence-corrected chi connectivity index (χ3v) is 5.15. The number of hydrazone groups is 1. The quantitative estimate of drug-likeness (QED) is 0.513. The lowest BCUT2D eigenvalue weighted by Gasteiger charge is -2.19. The van der Waals surface area contributed by atoms with Crippen molar-refractivity contribution in [1.29, 1.82) is 5.41 Å². The molecule has 0 aliphatic carbocycles. The molecule has 2 aliphatic rings. The van der Waals surface area contributed by atoms with Crippen LogP contribution < -0.4 is 0 Å². The van der Waals surface area contributed by atoms with E-state index in [0.717, 1.165) is 0 Å². The Morgan fingerprint density at radius 1 is 1.22 bits per heavy atom. The Labute approximate surface area is 188 Å². The molecule has 4 rings (SSSR count). The molecule has 1 amide bonds. The summed E-state index contributed by atoms with van der Waals surface area (Å²) in [6.45, 7) is 0. The first-order valence-electron chi connectivity index (χ1n) is 8.53. The minimum atomic E-state index is -4.71. The third-order valence-electron chi connectivity index (χ3n) is 4.20. The Morgan fingerprint density at radius 3 is 2.53 bits per heavy atom. The first-order valence-corrected chi connectivity index (χ1v) is 9.35. The first kappa shape index (κ1) is 23.3. The molecule has 2 aliphatic heterocycles. The fraction of sp³-hybridized carbons (Fsp3) is 0.105. The van der Waals surface area contributed by atoms with Gasteiger partial charge in [-0.05, 0) is 42.1 Å². The maximum atomic E-state index is 12.9. The largest absolute Gasteiger partial charge is 0.465 e. The normalized spacial score (nSPS) is 17.0. The molecule has 0 atom stereocenters. The van der Waals surface area contributed by atoms with E-state index in [1.165, 1.54) is 19.3 Å². The lowest BCUT2D eigenvalue weighted by Crippen LogP contribution is -2.35. The van der Waals surface area contributed by atoms with Crippen LogP contribution in [0.15, 0.2) is 56.5 Å². The van der Waals surface area contributed by atoms with E-state index >= 15 is 0 Å². The lowest BCUT2D eigenvalue weighted by molar-refractivity contribution is -0.114. The van der Waals surface area contributed by atoms with Gasteiger partial charge in [0.2, 0.25) is 10.2 Å². The number of alkyl halides is 3. The Balaban J connectivity index is 0.00000289. The fourth-order valence-electron chi connectivity index (χ4n) is 2.72. The zero-order chi connectivity index (χ0) is 22.3. The number of furan rings is 1. The Hall–Kier alpha value is -3.38. The Morgan fingerprint density at radius 2 is 1.91 bits per heavy atom. The number of fused-ring (bicyclic) bond motifs is 1. The van der Waals surface area contributed by atoms with E-state index in [2.05, 4.69) is 14.8 Å². The van der Waals surface area contributed by atoms with Crippen molar-refractivity contribution >= 4 is 58.2 Å². The molecule has 0 unspecified atom stereocenters. The minimum absolute atomic E-state index is 0. The molecule has 1 aromatic heterocycles. The van der Waals surface area contributed by atoms with Crippen LogP contribution >= 0.6 is 24.2 Å². The predicted octanol–water partition coefficient (Wildman–Crippen LogP) is 4.34. The number of rotatable bonds is 3. The van der Waals surface area contributed by atoms with Crippen molar-refractivity contribution in [3.8, 4) is 11.3 Å². The lowest BCUT2D eigenvalue weighted by atomic mass is 10.1. The number of nitrogens with one attached hydrogen (secondary N) is 1. The number of carbonyl (C=O) groups is 2. The summed E-state index contributed by atoms with van der Waals surface area (Å²) in [5.74, 6) is -1.30. The van der Waals surface area contributed by atoms with Crippen LogP contribution in [0.25, 0.3) is 17.4 Å². The molecule has 13 heteroatoms. The van der Waals surface area contributed by atoms with Crippen molar-refractivity contribution in [2.45, 2.75) is 6.18 Å². The molecule has 32 heavy (non-hydrogen) atoms. The number of methoxy groups -OCH3 is 1. The van der Waals surface area contributed by atoms with Crippen LogP contribution in [-0.2, 0) is 9.53 Å². The zero-order valence-corrected chi connectivity index (χ0v) is 17.6. The number of nitrogens with zero attached hydrogens (tertiary/aromatic N) is 3. The number of ether oxygens (including phenoxy) is 1. The number of hydrogen-bond acceptors (Lipinski definition) is 7. The van der Waals surface area contributed by atoms with Gasteiger partial charge in [-0.25, -0.2) is 4.79 Å². The molecule has 2 aromatic rings. The molecule has 3 heterocycles. The van der Waals surface area contributed by atoms with E-state index in [1.807, 2.05) is 0 Å². The van der Waals surface area contributed by atoms with Gasteiger partial charge in [0, 0.05) is 5.56 Å². The average molecular weight is 485 g/mol. The predicted molar refractivity (Wildman–Crippen MR) is 114 cm³/mol. The van der Waals surface area contributed by atoms with Crippen molar-refractivity contribution in [2.75, 3.05) is 7.11 Å². The number of thioether (sulfide) groups is 1. The minimum Gasteiger partial charge on any atom is -0.465 e. The van der Waals surface area contributed by atoms with Gasteiger partial charge in [0.1, 0.15) is 11.5 Å². The monoisotopic (exact) mass is 484 g/mol. The third kappa shape index (κ3) is 4.32. The molecule has 166 valence electrons. The molecule has 0 fully saturated rings. The van der Waals surface area contributed by atoms with Gasteiger partial charge in [0.15, 0.2) is 5.84 Å². The smallest absolute Gasteiger partial charge is 0.441 e. The maximum Gasteiger partial charge on any atom is 0.441 e. The van der Waals surface area contributed by atoms with Gasteiger partial charge in [-0.15, -0.1) is 12.4 Å². The molecule has 0 radical (unpaired) electrons. The second kappa shape index (κ2) is 8.63. The van der Waals surface area contributed by atoms with Gasteiger partial charge in [-0.2, -0.15) is 28.3 Å². The highest BCUT2D eigenvalue weighted by atomic mass is 35.5. The molecule has 0 bridgehead atoms. The molecular weight excluding hydrogens is 473 g/mol. The Bertz CT molecular complexity index is 1200. The molecule has 0 saturated heterocycles. The highest BCUT2D eigenvalue weighted by molar-refractivity contribution is 8.27. The van der Waals surface area contributed by atoms with Crippen LogP contribution in [0.2, 0.25) is 0 Å². The molecule has 1 aromatic carbocycles. The number of amidine groups is 2. The number of amides is 1.